The van der Waals surface area contributed by atoms with Crippen LogP contribution in [0.2, 0.25) is 0 Å². The fraction of sp³-hybridized carbons (Fsp3) is 0.688. The summed E-state index contributed by atoms with van der Waals surface area (Å²) in [7, 11) is 3.33. The van der Waals surface area contributed by atoms with Crippen molar-refractivity contribution in [3.05, 3.63) is 44.2 Å². The van der Waals surface area contributed by atoms with Gasteiger partial charge < -0.3 is 35.7 Å². The van der Waals surface area contributed by atoms with E-state index in [4.69, 9.17) is 19.9 Å². The Morgan fingerprint density at radius 1 is 0.927 bits per heavy atom. The van der Waals surface area contributed by atoms with Gasteiger partial charge in [-0.1, -0.05) is 39.7 Å². The number of aliphatic hydroxyl groups excluding tert-OH is 1. The third-order valence-electron chi connectivity index (χ3n) is 7.57. The van der Waals surface area contributed by atoms with Crippen molar-refractivity contribution in [1.82, 2.24) is 0 Å². The van der Waals surface area contributed by atoms with Crippen LogP contribution in [0.3, 0.4) is 0 Å². The molecule has 2 rings (SSSR count). The molecule has 9 heteroatoms. The molecule has 5 N–H and O–H groups in total. The molecule has 0 amide bonds. The lowest BCUT2D eigenvalue weighted by molar-refractivity contribution is 0.149. The molecule has 0 spiro atoms. The van der Waals surface area contributed by atoms with E-state index in [1.807, 2.05) is 13.0 Å². The number of methoxy groups -OCH3 is 2. The number of ether oxygens (including phenoxy) is 3. The van der Waals surface area contributed by atoms with E-state index in [2.05, 4.69) is 43.5 Å². The molecule has 2 aromatic carbocycles. The topological polar surface area (TPSA) is 132 Å². The van der Waals surface area contributed by atoms with Crippen molar-refractivity contribution in [3.63, 3.8) is 0 Å². The number of benzene rings is 1. The highest BCUT2D eigenvalue weighted by molar-refractivity contribution is 5.74. The molecule has 0 aliphatic rings. The van der Waals surface area contributed by atoms with Crippen LogP contribution in [0.1, 0.15) is 78.2 Å². The molecule has 41 heavy (non-hydrogen) atoms. The normalized spacial score (nSPS) is 14.6. The predicted molar refractivity (Wildman–Crippen MR) is 167 cm³/mol. The summed E-state index contributed by atoms with van der Waals surface area (Å²) >= 11 is 0. The van der Waals surface area contributed by atoms with Crippen molar-refractivity contribution >= 4 is 11.4 Å². The fourth-order valence-corrected chi connectivity index (χ4v) is 5.01. The lowest BCUT2D eigenvalue weighted by atomic mass is 9.89. The Morgan fingerprint density at radius 3 is 2.32 bits per heavy atom. The SMILES string of the molecule is CCC[C@@H](CC[C@H](C)Nc1c(NCC(O)[C@@H](N)CCC(C)C)c(=O)c1=O)Cc1ccc(OC)c(OCCCOC)c1. The van der Waals surface area contributed by atoms with Crippen molar-refractivity contribution in [1.29, 1.82) is 0 Å². The average Bonchev–Trinajstić information content (AvgIpc) is 2.96. The average molecular weight is 576 g/mol. The van der Waals surface area contributed by atoms with Gasteiger partial charge in [-0.15, -0.1) is 0 Å². The number of anilines is 2. The Bertz CT molecular complexity index is 1100. The van der Waals surface area contributed by atoms with Gasteiger partial charge in [-0.3, -0.25) is 9.59 Å². The molecule has 0 heterocycles. The van der Waals surface area contributed by atoms with E-state index >= 15 is 0 Å². The van der Waals surface area contributed by atoms with E-state index in [-0.39, 0.29) is 24.3 Å². The molecule has 232 valence electrons. The van der Waals surface area contributed by atoms with Crippen LogP contribution < -0.4 is 36.7 Å². The summed E-state index contributed by atoms with van der Waals surface area (Å²) in [6.45, 7) is 9.79. The lowest BCUT2D eigenvalue weighted by Gasteiger charge is -2.24. The first kappa shape index (κ1) is 34.6. The maximum absolute atomic E-state index is 12.3. The van der Waals surface area contributed by atoms with E-state index in [1.165, 1.54) is 5.56 Å². The first-order valence-electron chi connectivity index (χ1n) is 15.2. The minimum Gasteiger partial charge on any atom is -0.493 e. The summed E-state index contributed by atoms with van der Waals surface area (Å²) in [5.74, 6) is 2.44. The Balaban J connectivity index is 1.93. The zero-order valence-electron chi connectivity index (χ0n) is 26.0. The van der Waals surface area contributed by atoms with Crippen molar-refractivity contribution < 1.29 is 19.3 Å². The van der Waals surface area contributed by atoms with Gasteiger partial charge in [0, 0.05) is 38.8 Å². The van der Waals surface area contributed by atoms with Crippen LogP contribution in [0.4, 0.5) is 11.4 Å². The Labute approximate surface area is 245 Å². The first-order valence-corrected chi connectivity index (χ1v) is 15.2. The summed E-state index contributed by atoms with van der Waals surface area (Å²) in [5, 5.41) is 16.6. The van der Waals surface area contributed by atoms with Gasteiger partial charge in [-0.25, -0.2) is 0 Å². The third kappa shape index (κ3) is 11.3. The van der Waals surface area contributed by atoms with Crippen LogP contribution in [0.25, 0.3) is 0 Å². The summed E-state index contributed by atoms with van der Waals surface area (Å²) in [5.41, 5.74) is 6.79. The van der Waals surface area contributed by atoms with Crippen molar-refractivity contribution in [2.75, 3.05) is 44.6 Å². The van der Waals surface area contributed by atoms with E-state index < -0.39 is 17.0 Å². The number of nitrogens with two attached hydrogens (primary N) is 1. The third-order valence-corrected chi connectivity index (χ3v) is 7.57. The highest BCUT2D eigenvalue weighted by Crippen LogP contribution is 2.31. The summed E-state index contributed by atoms with van der Waals surface area (Å²) in [6, 6.07) is 5.75. The van der Waals surface area contributed by atoms with E-state index in [0.29, 0.717) is 37.2 Å². The molecule has 0 aromatic heterocycles. The van der Waals surface area contributed by atoms with E-state index in [1.54, 1.807) is 14.2 Å². The number of hydrogen-bond donors (Lipinski definition) is 4. The zero-order valence-corrected chi connectivity index (χ0v) is 26.0. The molecule has 9 nitrogen and oxygen atoms in total. The molecular weight excluding hydrogens is 522 g/mol. The Morgan fingerprint density at radius 2 is 1.66 bits per heavy atom. The van der Waals surface area contributed by atoms with Gasteiger partial charge in [-0.05, 0) is 68.6 Å². The zero-order chi connectivity index (χ0) is 30.4. The molecule has 0 radical (unpaired) electrons. The lowest BCUT2D eigenvalue weighted by Crippen LogP contribution is -2.43. The monoisotopic (exact) mass is 575 g/mol. The molecule has 0 bridgehead atoms. The van der Waals surface area contributed by atoms with E-state index in [0.717, 1.165) is 56.4 Å². The van der Waals surface area contributed by atoms with Crippen molar-refractivity contribution in [2.45, 2.75) is 97.2 Å². The van der Waals surface area contributed by atoms with Gasteiger partial charge in [0.25, 0.3) is 10.9 Å². The number of rotatable bonds is 22. The first-order chi connectivity index (χ1) is 19.6. The minimum absolute atomic E-state index is 0.00646. The van der Waals surface area contributed by atoms with Gasteiger partial charge in [0.05, 0.1) is 19.8 Å². The second-order valence-corrected chi connectivity index (χ2v) is 11.7. The molecule has 0 saturated heterocycles. The summed E-state index contributed by atoms with van der Waals surface area (Å²) in [4.78, 5) is 24.5. The Kier molecular flexibility index (Phi) is 15.2. The number of aliphatic hydroxyl groups is 1. The Hall–Kier alpha value is -2.62. The maximum Gasteiger partial charge on any atom is 0.253 e. The molecule has 4 atom stereocenters. The molecular formula is C32H53N3O6. The van der Waals surface area contributed by atoms with Crippen LogP contribution in [0, 0.1) is 11.8 Å². The fourth-order valence-electron chi connectivity index (χ4n) is 5.01. The van der Waals surface area contributed by atoms with Gasteiger partial charge in [-0.2, -0.15) is 0 Å². The van der Waals surface area contributed by atoms with Crippen LogP contribution in [-0.4, -0.2) is 57.3 Å². The molecule has 2 aromatic rings. The van der Waals surface area contributed by atoms with Crippen molar-refractivity contribution in [2.24, 2.45) is 17.6 Å². The molecule has 0 fully saturated rings. The second-order valence-electron chi connectivity index (χ2n) is 11.7. The predicted octanol–water partition coefficient (Wildman–Crippen LogP) is 4.48. The maximum atomic E-state index is 12.3. The highest BCUT2D eigenvalue weighted by atomic mass is 16.5. The molecule has 0 aliphatic heterocycles. The minimum atomic E-state index is -0.799. The van der Waals surface area contributed by atoms with Crippen LogP contribution in [-0.2, 0) is 11.2 Å². The van der Waals surface area contributed by atoms with Crippen LogP contribution in [0.5, 0.6) is 11.5 Å². The second kappa shape index (κ2) is 18.0. The highest BCUT2D eigenvalue weighted by Gasteiger charge is 2.24. The van der Waals surface area contributed by atoms with Gasteiger partial charge in [0.2, 0.25) is 0 Å². The molecule has 0 aliphatic carbocycles. The van der Waals surface area contributed by atoms with E-state index in [9.17, 15) is 14.7 Å². The summed E-state index contributed by atoms with van der Waals surface area (Å²) in [6.07, 6.45) is 6.54. The van der Waals surface area contributed by atoms with Gasteiger partial charge in [0.1, 0.15) is 11.4 Å². The largest absolute Gasteiger partial charge is 0.493 e. The number of hydrogen-bond acceptors (Lipinski definition) is 9. The standard InChI is InChI=1S/C32H53N3O6/c1-7-9-23(18-24-13-15-27(40-6)28(19-24)41-17-8-16-39-5)12-11-22(4)35-30-29(31(37)32(30)38)34-20-26(36)25(33)14-10-21(2)3/h13,15,19,21-23,25-26,34-36H,7-12,14,16-18,20,33H2,1-6H3/t22-,23-,25-,26?/m0/s1. The van der Waals surface area contributed by atoms with Gasteiger partial charge >= 0.3 is 0 Å². The van der Waals surface area contributed by atoms with Crippen molar-refractivity contribution in [3.8, 4) is 11.5 Å². The molecule has 1 unspecified atom stereocenters. The number of nitrogens with one attached hydrogen (secondary N) is 2. The molecule has 0 saturated carbocycles. The van der Waals surface area contributed by atoms with Gasteiger partial charge in [0.15, 0.2) is 11.5 Å². The summed E-state index contributed by atoms with van der Waals surface area (Å²) < 4.78 is 16.6. The quantitative estimate of drug-likeness (QED) is 0.118. The van der Waals surface area contributed by atoms with Crippen LogP contribution >= 0.6 is 0 Å². The smallest absolute Gasteiger partial charge is 0.253 e. The van der Waals surface area contributed by atoms with Crippen LogP contribution in [0.15, 0.2) is 27.8 Å².